The Bertz CT molecular complexity index is 1010. The summed E-state index contributed by atoms with van der Waals surface area (Å²) in [5.74, 6) is 1.68. The number of halogens is 1. The van der Waals surface area contributed by atoms with E-state index in [9.17, 15) is 19.8 Å². The van der Waals surface area contributed by atoms with Crippen molar-refractivity contribution < 1.29 is 29.3 Å². The number of carbonyl (C=O) groups excluding carboxylic acids is 2. The van der Waals surface area contributed by atoms with Crippen molar-refractivity contribution in [2.24, 2.45) is 23.2 Å². The standard InChI is InChI=1S/C28H39IN2O6/c1-28(2)19-9-8-17(20(28)14-19)15-31(25(33)16-36-3)22-12-18(27(35)30-10-11-32)13-24(26(22)34)37-23-7-5-4-6-21(23)29/h4-7,13,17,19-20,22,24,26,32,34H,8-12,14-16H2,1-3H3,(H,30,35)/t17-,19-,20-,22+,24-,26-/m0/s1. The van der Waals surface area contributed by atoms with E-state index >= 15 is 0 Å². The van der Waals surface area contributed by atoms with Crippen LogP contribution in [0.2, 0.25) is 0 Å². The van der Waals surface area contributed by atoms with Crippen LogP contribution in [0.25, 0.3) is 0 Å². The van der Waals surface area contributed by atoms with Crippen molar-refractivity contribution in [3.8, 4) is 5.75 Å². The molecular weight excluding hydrogens is 587 g/mol. The van der Waals surface area contributed by atoms with Crippen LogP contribution < -0.4 is 10.1 Å². The first kappa shape index (κ1) is 28.3. The predicted octanol–water partition coefficient (Wildman–Crippen LogP) is 2.75. The van der Waals surface area contributed by atoms with Crippen LogP contribution in [0.5, 0.6) is 5.75 Å². The zero-order valence-corrected chi connectivity index (χ0v) is 24.0. The minimum absolute atomic E-state index is 0.0928. The Morgan fingerprint density at radius 3 is 2.65 bits per heavy atom. The van der Waals surface area contributed by atoms with Gasteiger partial charge in [-0.25, -0.2) is 0 Å². The first-order chi connectivity index (χ1) is 17.7. The second-order valence-electron chi connectivity index (χ2n) is 11.1. The number of nitrogens with zero attached hydrogens (tertiary/aromatic N) is 1. The lowest BCUT2D eigenvalue weighted by Crippen LogP contribution is -2.60. The molecule has 2 bridgehead atoms. The first-order valence-electron chi connectivity index (χ1n) is 13.1. The molecule has 0 spiro atoms. The van der Waals surface area contributed by atoms with Gasteiger partial charge in [0.15, 0.2) is 0 Å². The Morgan fingerprint density at radius 1 is 1.24 bits per heavy atom. The molecule has 5 rings (SSSR count). The van der Waals surface area contributed by atoms with Crippen LogP contribution in [0.3, 0.4) is 0 Å². The molecule has 8 nitrogen and oxygen atoms in total. The number of carbonyl (C=O) groups is 2. The monoisotopic (exact) mass is 626 g/mol. The Kier molecular flexibility index (Phi) is 9.19. The Balaban J connectivity index is 1.63. The van der Waals surface area contributed by atoms with Gasteiger partial charge < -0.3 is 29.9 Å². The van der Waals surface area contributed by atoms with Crippen molar-refractivity contribution in [3.05, 3.63) is 39.5 Å². The number of hydrogen-bond acceptors (Lipinski definition) is 6. The Hall–Kier alpha value is -1.69. The van der Waals surface area contributed by atoms with Crippen molar-refractivity contribution >= 4 is 34.4 Å². The van der Waals surface area contributed by atoms with Crippen molar-refractivity contribution in [2.75, 3.05) is 33.4 Å². The van der Waals surface area contributed by atoms with Gasteiger partial charge in [0.05, 0.1) is 16.2 Å². The fourth-order valence-electron chi connectivity index (χ4n) is 6.53. The number of methoxy groups -OCH3 is 1. The number of fused-ring (bicyclic) bond motifs is 2. The van der Waals surface area contributed by atoms with Crippen LogP contribution in [0, 0.1) is 26.7 Å². The Morgan fingerprint density at radius 2 is 2.00 bits per heavy atom. The van der Waals surface area contributed by atoms with Crippen molar-refractivity contribution in [1.29, 1.82) is 0 Å². The number of para-hydroxylation sites is 1. The van der Waals surface area contributed by atoms with E-state index in [2.05, 4.69) is 41.8 Å². The van der Waals surface area contributed by atoms with E-state index in [4.69, 9.17) is 9.47 Å². The number of amides is 2. The molecule has 0 unspecified atom stereocenters. The van der Waals surface area contributed by atoms with Gasteiger partial charge in [0.25, 0.3) is 0 Å². The molecule has 1 aromatic rings. The normalized spacial score (nSPS) is 30.1. The zero-order chi connectivity index (χ0) is 26.7. The van der Waals surface area contributed by atoms with E-state index in [1.54, 1.807) is 11.0 Å². The minimum atomic E-state index is -1.03. The quantitative estimate of drug-likeness (QED) is 0.345. The van der Waals surface area contributed by atoms with Gasteiger partial charge in [0.1, 0.15) is 24.6 Å². The molecule has 3 N–H and O–H groups in total. The number of aliphatic hydroxyl groups excluding tert-OH is 2. The SMILES string of the molecule is COCC(=O)N(C[C@@H]1CC[C@H]2C[C@@H]1C2(C)C)[C@@H]1CC(C(=O)NCCO)=C[C@H](Oc2ccccc2I)[C@H]1O. The highest BCUT2D eigenvalue weighted by molar-refractivity contribution is 14.1. The Labute approximate surface area is 232 Å². The third-order valence-electron chi connectivity index (χ3n) is 8.74. The van der Waals surface area contributed by atoms with Crippen LogP contribution in [0.4, 0.5) is 0 Å². The summed E-state index contributed by atoms with van der Waals surface area (Å²) in [5.41, 5.74) is 0.692. The van der Waals surface area contributed by atoms with E-state index in [1.807, 2.05) is 24.3 Å². The third-order valence-corrected chi connectivity index (χ3v) is 9.63. The van der Waals surface area contributed by atoms with Gasteiger partial charge >= 0.3 is 0 Å². The molecule has 204 valence electrons. The van der Waals surface area contributed by atoms with E-state index in [-0.39, 0.29) is 43.4 Å². The predicted molar refractivity (Wildman–Crippen MR) is 148 cm³/mol. The molecule has 2 amide bonds. The van der Waals surface area contributed by atoms with Gasteiger partial charge in [-0.2, -0.15) is 0 Å². The average Bonchev–Trinajstić information content (AvgIpc) is 2.88. The summed E-state index contributed by atoms with van der Waals surface area (Å²) in [5, 5.41) is 23.5. The van der Waals surface area contributed by atoms with Gasteiger partial charge in [-0.1, -0.05) is 26.0 Å². The van der Waals surface area contributed by atoms with Gasteiger partial charge in [0, 0.05) is 32.2 Å². The molecule has 4 aliphatic rings. The maximum absolute atomic E-state index is 13.4. The summed E-state index contributed by atoms with van der Waals surface area (Å²) in [6, 6.07) is 6.85. The van der Waals surface area contributed by atoms with Crippen LogP contribution >= 0.6 is 22.6 Å². The molecular formula is C28H39IN2O6. The number of ether oxygens (including phenoxy) is 2. The van der Waals surface area contributed by atoms with E-state index in [0.717, 1.165) is 22.3 Å². The molecule has 0 radical (unpaired) electrons. The van der Waals surface area contributed by atoms with E-state index < -0.39 is 18.2 Å². The van der Waals surface area contributed by atoms with Gasteiger partial charge in [-0.05, 0) is 83.2 Å². The molecule has 9 heteroatoms. The lowest BCUT2D eigenvalue weighted by Gasteiger charge is -2.61. The highest BCUT2D eigenvalue weighted by atomic mass is 127. The molecule has 0 saturated heterocycles. The van der Waals surface area contributed by atoms with E-state index in [1.165, 1.54) is 13.5 Å². The molecule has 3 saturated carbocycles. The van der Waals surface area contributed by atoms with Crippen molar-refractivity contribution in [1.82, 2.24) is 10.2 Å². The molecule has 1 aromatic carbocycles. The van der Waals surface area contributed by atoms with Crippen LogP contribution in [-0.2, 0) is 14.3 Å². The van der Waals surface area contributed by atoms with Gasteiger partial charge in [0.2, 0.25) is 11.8 Å². The third kappa shape index (κ3) is 5.99. The molecule has 0 aromatic heterocycles. The maximum Gasteiger partial charge on any atom is 0.248 e. The first-order valence-corrected chi connectivity index (χ1v) is 14.2. The number of aliphatic hydroxyl groups is 2. The summed E-state index contributed by atoms with van der Waals surface area (Å²) in [4.78, 5) is 28.1. The maximum atomic E-state index is 13.4. The smallest absolute Gasteiger partial charge is 0.248 e. The fourth-order valence-corrected chi connectivity index (χ4v) is 7.04. The lowest BCUT2D eigenvalue weighted by atomic mass is 9.45. The van der Waals surface area contributed by atoms with Gasteiger partial charge in [-0.3, -0.25) is 9.59 Å². The summed E-state index contributed by atoms with van der Waals surface area (Å²) >= 11 is 2.17. The molecule has 6 atom stereocenters. The summed E-state index contributed by atoms with van der Waals surface area (Å²) < 4.78 is 12.3. The minimum Gasteiger partial charge on any atom is -0.482 e. The van der Waals surface area contributed by atoms with Crippen LogP contribution in [-0.4, -0.2) is 78.6 Å². The molecule has 3 fully saturated rings. The molecule has 0 aliphatic heterocycles. The van der Waals surface area contributed by atoms with Crippen LogP contribution in [0.15, 0.2) is 35.9 Å². The highest BCUT2D eigenvalue weighted by Crippen LogP contribution is 2.61. The number of rotatable bonds is 10. The fraction of sp³-hybridized carbons (Fsp3) is 0.643. The van der Waals surface area contributed by atoms with Gasteiger partial charge in [-0.15, -0.1) is 0 Å². The van der Waals surface area contributed by atoms with Crippen molar-refractivity contribution in [2.45, 2.75) is 57.8 Å². The number of nitrogens with one attached hydrogen (secondary N) is 1. The van der Waals surface area contributed by atoms with E-state index in [0.29, 0.717) is 29.7 Å². The summed E-state index contributed by atoms with van der Waals surface area (Å²) in [7, 11) is 1.49. The molecule has 0 heterocycles. The highest BCUT2D eigenvalue weighted by Gasteiger charge is 2.55. The topological polar surface area (TPSA) is 108 Å². The summed E-state index contributed by atoms with van der Waals surface area (Å²) in [6.07, 6.45) is 3.39. The molecule has 37 heavy (non-hydrogen) atoms. The number of hydrogen-bond donors (Lipinski definition) is 3. The summed E-state index contributed by atoms with van der Waals surface area (Å²) in [6.45, 7) is 5.03. The molecule has 4 aliphatic carbocycles. The second-order valence-corrected chi connectivity index (χ2v) is 12.3. The number of benzene rings is 1. The van der Waals surface area contributed by atoms with Crippen molar-refractivity contribution in [3.63, 3.8) is 0 Å². The second kappa shape index (κ2) is 12.0. The van der Waals surface area contributed by atoms with Crippen LogP contribution in [0.1, 0.15) is 39.5 Å². The average molecular weight is 627 g/mol. The largest absolute Gasteiger partial charge is 0.482 e. The zero-order valence-electron chi connectivity index (χ0n) is 21.9. The lowest BCUT2D eigenvalue weighted by molar-refractivity contribution is -0.151.